The number of allylic oxidation sites excluding steroid dienone is 2. The Morgan fingerprint density at radius 3 is 1.92 bits per heavy atom. The highest BCUT2D eigenvalue weighted by Crippen LogP contribution is 2.43. The fourth-order valence-corrected chi connectivity index (χ4v) is 9.96. The number of unbranched alkanes of at least 4 members (excludes halogenated alkanes) is 20. The molecule has 19 heteroatoms. The zero-order valence-corrected chi connectivity index (χ0v) is 41.5. The Hall–Kier alpha value is -2.73. The lowest BCUT2D eigenvalue weighted by Gasteiger charge is -2.21. The van der Waals surface area contributed by atoms with Crippen molar-refractivity contribution >= 4 is 49.4 Å². The van der Waals surface area contributed by atoms with Crippen LogP contribution < -0.4 is 32.9 Å². The third-order valence-electron chi connectivity index (χ3n) is 11.5. The van der Waals surface area contributed by atoms with Gasteiger partial charge in [-0.15, -0.1) is 0 Å². The SMILES string of the molecule is CCCCCCCC/C=C/CCCCCCCC(=O)OCC(COP(=O)(O)OCC(N)C(=O)[O-])OC(=O)CCCCCCCCCCCNC(=O)CCCCC1SCC2NC(=O)NC21.[NH4+]. The number of phosphoric acid groups is 1. The van der Waals surface area contributed by atoms with Crippen LogP contribution in [0.2, 0.25) is 0 Å². The number of hydrogen-bond donors (Lipinski definition) is 6. The molecule has 2 saturated heterocycles. The summed E-state index contributed by atoms with van der Waals surface area (Å²) in [4.78, 5) is 69.8. The summed E-state index contributed by atoms with van der Waals surface area (Å²) in [5.41, 5.74) is 5.28. The zero-order valence-electron chi connectivity index (χ0n) is 39.7. The normalized spacial score (nSPS) is 18.5. The Kier molecular flexibility index (Phi) is 35.5. The van der Waals surface area contributed by atoms with E-state index in [4.69, 9.17) is 19.7 Å². The van der Waals surface area contributed by atoms with Crippen molar-refractivity contribution in [2.75, 3.05) is 32.1 Å². The first-order valence-electron chi connectivity index (χ1n) is 24.4. The fraction of sp³-hybridized carbons (Fsp3) is 0.848. The lowest BCUT2D eigenvalue weighted by atomic mass is 10.0. The van der Waals surface area contributed by atoms with Gasteiger partial charge in [-0.05, 0) is 57.8 Å². The van der Waals surface area contributed by atoms with Crippen LogP contribution in [0.25, 0.3) is 0 Å². The number of carboxylic acids is 1. The van der Waals surface area contributed by atoms with Crippen molar-refractivity contribution in [3.63, 3.8) is 0 Å². The van der Waals surface area contributed by atoms with E-state index in [-0.39, 0.29) is 49.6 Å². The first-order chi connectivity index (χ1) is 30.9. The molecule has 2 fully saturated rings. The van der Waals surface area contributed by atoms with Gasteiger partial charge in [-0.2, -0.15) is 11.8 Å². The van der Waals surface area contributed by atoms with Gasteiger partial charge in [-0.25, -0.2) is 9.36 Å². The molecular formula is C46H86N5O12PS. The summed E-state index contributed by atoms with van der Waals surface area (Å²) in [5.74, 6) is -1.67. The van der Waals surface area contributed by atoms with Gasteiger partial charge in [0.1, 0.15) is 6.61 Å². The van der Waals surface area contributed by atoms with Gasteiger partial charge in [0.2, 0.25) is 5.91 Å². The maximum Gasteiger partial charge on any atom is 0.472 e. The average Bonchev–Trinajstić information content (AvgIpc) is 3.82. The van der Waals surface area contributed by atoms with Crippen LogP contribution in [-0.4, -0.2) is 96.3 Å². The van der Waals surface area contributed by atoms with Crippen molar-refractivity contribution in [3.8, 4) is 0 Å². The average molecular weight is 964 g/mol. The number of hydrogen-bond acceptors (Lipinski definition) is 13. The lowest BCUT2D eigenvalue weighted by Crippen LogP contribution is -2.44. The number of quaternary nitrogens is 1. The van der Waals surface area contributed by atoms with Crippen molar-refractivity contribution < 1.29 is 57.1 Å². The highest BCUT2D eigenvalue weighted by atomic mass is 32.2. The number of thioether (sulfide) groups is 1. The number of fused-ring (bicyclic) bond motifs is 1. The molecule has 0 bridgehead atoms. The molecule has 2 aliphatic heterocycles. The molecule has 3 amide bonds. The second-order valence-electron chi connectivity index (χ2n) is 17.3. The number of phosphoric ester groups is 1. The summed E-state index contributed by atoms with van der Waals surface area (Å²) in [6, 6.07) is -1.28. The van der Waals surface area contributed by atoms with Crippen LogP contribution >= 0.6 is 19.6 Å². The second kappa shape index (κ2) is 38.3. The smallest absolute Gasteiger partial charge is 0.472 e. The number of carbonyl (C=O) groups excluding carboxylic acids is 5. The summed E-state index contributed by atoms with van der Waals surface area (Å²) < 4.78 is 32.7. The molecule has 0 radical (unpaired) electrons. The van der Waals surface area contributed by atoms with Gasteiger partial charge < -0.3 is 52.1 Å². The Balaban J connectivity index is 0.0000211. The molecule has 0 aromatic rings. The molecule has 6 atom stereocenters. The van der Waals surface area contributed by atoms with Gasteiger partial charge >= 0.3 is 25.8 Å². The van der Waals surface area contributed by atoms with Gasteiger partial charge in [-0.1, -0.05) is 122 Å². The molecule has 0 aliphatic carbocycles. The molecular weight excluding hydrogens is 878 g/mol. The van der Waals surface area contributed by atoms with E-state index in [1.165, 1.54) is 38.5 Å². The van der Waals surface area contributed by atoms with Crippen molar-refractivity contribution in [3.05, 3.63) is 12.2 Å². The number of ether oxygens (including phenoxy) is 2. The lowest BCUT2D eigenvalue weighted by molar-refractivity contribution is -0.308. The van der Waals surface area contributed by atoms with Crippen molar-refractivity contribution in [2.45, 2.75) is 216 Å². The minimum absolute atomic E-state index is 0. The monoisotopic (exact) mass is 964 g/mol. The quantitative estimate of drug-likeness (QED) is 0.0112. The highest BCUT2D eigenvalue weighted by molar-refractivity contribution is 8.00. The number of carboxylic acid groups (broad SMARTS) is 1. The summed E-state index contributed by atoms with van der Waals surface area (Å²) >= 11 is 1.90. The molecule has 6 unspecified atom stereocenters. The van der Waals surface area contributed by atoms with Gasteiger partial charge in [0.15, 0.2) is 6.10 Å². The Bertz CT molecular complexity index is 1400. The van der Waals surface area contributed by atoms with E-state index in [0.29, 0.717) is 31.1 Å². The number of carbonyl (C=O) groups is 5. The number of amides is 3. The molecule has 17 nitrogen and oxygen atoms in total. The van der Waals surface area contributed by atoms with E-state index in [2.05, 4.69) is 39.5 Å². The van der Waals surface area contributed by atoms with Gasteiger partial charge in [-0.3, -0.25) is 23.4 Å². The largest absolute Gasteiger partial charge is 0.548 e. The Labute approximate surface area is 393 Å². The number of nitrogens with one attached hydrogen (secondary N) is 3. The van der Waals surface area contributed by atoms with Gasteiger partial charge in [0.25, 0.3) is 0 Å². The predicted octanol–water partition coefficient (Wildman–Crippen LogP) is 7.81. The summed E-state index contributed by atoms with van der Waals surface area (Å²) in [6.07, 6.45) is 30.5. The van der Waals surface area contributed by atoms with Gasteiger partial charge in [0, 0.05) is 36.8 Å². The Morgan fingerprint density at radius 1 is 0.769 bits per heavy atom. The second-order valence-corrected chi connectivity index (χ2v) is 20.0. The molecule has 65 heavy (non-hydrogen) atoms. The summed E-state index contributed by atoms with van der Waals surface area (Å²) in [7, 11) is -4.78. The molecule has 0 aromatic carbocycles. The molecule has 2 heterocycles. The first kappa shape index (κ1) is 60.3. The van der Waals surface area contributed by atoms with E-state index in [9.17, 15) is 38.5 Å². The maximum atomic E-state index is 12.7. The molecule has 378 valence electrons. The van der Waals surface area contributed by atoms with E-state index in [1.807, 2.05) is 11.8 Å². The van der Waals surface area contributed by atoms with Crippen LogP contribution in [0.4, 0.5) is 4.79 Å². The molecule has 0 aromatic heterocycles. The van der Waals surface area contributed by atoms with Crippen molar-refractivity contribution in [1.82, 2.24) is 22.1 Å². The highest BCUT2D eigenvalue weighted by Gasteiger charge is 2.42. The topological polar surface area (TPSA) is 281 Å². The third kappa shape index (κ3) is 31.8. The molecule has 2 aliphatic rings. The molecule has 0 spiro atoms. The minimum atomic E-state index is -4.78. The number of esters is 2. The number of aliphatic carboxylic acids is 1. The minimum Gasteiger partial charge on any atom is -0.548 e. The molecule has 10 N–H and O–H groups in total. The van der Waals surface area contributed by atoms with E-state index >= 15 is 0 Å². The van der Waals surface area contributed by atoms with E-state index in [1.54, 1.807) is 0 Å². The van der Waals surface area contributed by atoms with Crippen LogP contribution in [0, 0.1) is 0 Å². The van der Waals surface area contributed by atoms with E-state index in [0.717, 1.165) is 115 Å². The van der Waals surface area contributed by atoms with Gasteiger partial charge in [0.05, 0.1) is 37.3 Å². The van der Waals surface area contributed by atoms with Crippen LogP contribution in [-0.2, 0) is 42.3 Å². The maximum absolute atomic E-state index is 12.7. The summed E-state index contributed by atoms with van der Waals surface area (Å²) in [5, 5.41) is 20.3. The molecule has 2 rings (SSSR count). The fourth-order valence-electron chi connectivity index (χ4n) is 7.64. The zero-order chi connectivity index (χ0) is 46.7. The predicted molar refractivity (Wildman–Crippen MR) is 254 cm³/mol. The summed E-state index contributed by atoms with van der Waals surface area (Å²) in [6.45, 7) is 1.07. The third-order valence-corrected chi connectivity index (χ3v) is 13.9. The van der Waals surface area contributed by atoms with Crippen LogP contribution in [0.1, 0.15) is 187 Å². The standard InChI is InChI=1S/C46H83N4O12PS.H3N/c1-2-3-4-5-6-7-8-9-10-11-12-14-17-20-23-30-42(52)59-33-37(34-60-63(57,58)61-35-38(47)45(54)55)62-43(53)31-24-21-18-15-13-16-19-22-27-32-48-41(51)29-26-25-28-40-44-39(36-64-40)49-46(56)50-44;/h9-10,37-40,44H,2-8,11-36,47H2,1H3,(H,48,51)(H,54,55)(H,57,58)(H2,49,50,56);1H3/b10-9+;. The van der Waals surface area contributed by atoms with Crippen LogP contribution in [0.3, 0.4) is 0 Å². The van der Waals surface area contributed by atoms with Crippen molar-refractivity contribution in [1.29, 1.82) is 0 Å². The Morgan fingerprint density at radius 2 is 1.31 bits per heavy atom. The first-order valence-corrected chi connectivity index (χ1v) is 27.0. The number of rotatable bonds is 42. The number of nitrogens with two attached hydrogens (primary N) is 1. The van der Waals surface area contributed by atoms with Crippen molar-refractivity contribution in [2.24, 2.45) is 5.73 Å². The van der Waals surface area contributed by atoms with E-state index < -0.39 is 51.1 Å². The number of urea groups is 1. The molecule has 0 saturated carbocycles. The van der Waals surface area contributed by atoms with Crippen LogP contribution in [0.15, 0.2) is 12.2 Å². The van der Waals surface area contributed by atoms with Crippen LogP contribution in [0.5, 0.6) is 0 Å².